The van der Waals surface area contributed by atoms with Gasteiger partial charge in [0.05, 0.1) is 24.1 Å². The van der Waals surface area contributed by atoms with Crippen molar-refractivity contribution in [2.24, 2.45) is 0 Å². The predicted octanol–water partition coefficient (Wildman–Crippen LogP) is 4.80. The standard InChI is InChI=1S/C20H18ClNO3S2/c1-24-16-10-14(15(21)12-17(16)25-2)11-18-19(23)22(20(26)27-18)9-8-13-6-4-3-5-7-13/h3-7,10-12H,8-9H2,1-2H3. The first-order chi connectivity index (χ1) is 13.0. The molecule has 1 saturated heterocycles. The second-order valence-electron chi connectivity index (χ2n) is 5.80. The normalized spacial score (nSPS) is 15.5. The van der Waals surface area contributed by atoms with Crippen LogP contribution in [0.25, 0.3) is 6.08 Å². The number of ether oxygens (including phenoxy) is 2. The van der Waals surface area contributed by atoms with E-state index in [-0.39, 0.29) is 5.91 Å². The van der Waals surface area contributed by atoms with E-state index in [2.05, 4.69) is 0 Å². The molecule has 27 heavy (non-hydrogen) atoms. The van der Waals surface area contributed by atoms with Crippen LogP contribution in [-0.4, -0.2) is 35.9 Å². The van der Waals surface area contributed by atoms with Gasteiger partial charge in [0, 0.05) is 12.6 Å². The lowest BCUT2D eigenvalue weighted by atomic mass is 10.1. The van der Waals surface area contributed by atoms with Gasteiger partial charge in [0.25, 0.3) is 5.91 Å². The molecule has 0 spiro atoms. The molecule has 3 rings (SSSR count). The summed E-state index contributed by atoms with van der Waals surface area (Å²) in [5.41, 5.74) is 1.84. The molecule has 4 nitrogen and oxygen atoms in total. The lowest BCUT2D eigenvalue weighted by Gasteiger charge is -2.14. The number of amides is 1. The Hall–Kier alpha value is -2.02. The van der Waals surface area contributed by atoms with Crippen molar-refractivity contribution >= 4 is 51.9 Å². The summed E-state index contributed by atoms with van der Waals surface area (Å²) in [7, 11) is 3.10. The minimum atomic E-state index is -0.105. The third kappa shape index (κ3) is 4.46. The molecule has 2 aromatic rings. The minimum Gasteiger partial charge on any atom is -0.493 e. The van der Waals surface area contributed by atoms with E-state index in [1.54, 1.807) is 37.3 Å². The fraction of sp³-hybridized carbons (Fsp3) is 0.200. The van der Waals surface area contributed by atoms with E-state index in [4.69, 9.17) is 33.3 Å². The zero-order valence-electron chi connectivity index (χ0n) is 14.9. The van der Waals surface area contributed by atoms with Gasteiger partial charge in [-0.1, -0.05) is 65.9 Å². The molecule has 7 heteroatoms. The van der Waals surface area contributed by atoms with Gasteiger partial charge in [-0.25, -0.2) is 0 Å². The van der Waals surface area contributed by atoms with Crippen LogP contribution < -0.4 is 9.47 Å². The van der Waals surface area contributed by atoms with E-state index in [9.17, 15) is 4.79 Å². The molecule has 0 unspecified atom stereocenters. The predicted molar refractivity (Wildman–Crippen MR) is 115 cm³/mol. The van der Waals surface area contributed by atoms with E-state index < -0.39 is 0 Å². The van der Waals surface area contributed by atoms with E-state index in [1.807, 2.05) is 30.3 Å². The Morgan fingerprint density at radius 3 is 2.48 bits per heavy atom. The lowest BCUT2D eigenvalue weighted by molar-refractivity contribution is -0.122. The van der Waals surface area contributed by atoms with Gasteiger partial charge in [0.2, 0.25) is 0 Å². The first kappa shape index (κ1) is 19.7. The molecule has 1 fully saturated rings. The third-order valence-corrected chi connectivity index (χ3v) is 5.84. The summed E-state index contributed by atoms with van der Waals surface area (Å²) >= 11 is 13.0. The first-order valence-corrected chi connectivity index (χ1v) is 9.84. The average molecular weight is 420 g/mol. The van der Waals surface area contributed by atoms with Crippen molar-refractivity contribution in [1.82, 2.24) is 4.90 Å². The van der Waals surface area contributed by atoms with Crippen LogP contribution in [0.5, 0.6) is 11.5 Å². The van der Waals surface area contributed by atoms with E-state index >= 15 is 0 Å². The Morgan fingerprint density at radius 2 is 1.81 bits per heavy atom. The monoisotopic (exact) mass is 419 g/mol. The summed E-state index contributed by atoms with van der Waals surface area (Å²) in [4.78, 5) is 15.0. The summed E-state index contributed by atoms with van der Waals surface area (Å²) < 4.78 is 11.1. The first-order valence-electron chi connectivity index (χ1n) is 8.24. The summed E-state index contributed by atoms with van der Waals surface area (Å²) in [5.74, 6) is 0.981. The largest absolute Gasteiger partial charge is 0.493 e. The molecular weight excluding hydrogens is 402 g/mol. The highest BCUT2D eigenvalue weighted by molar-refractivity contribution is 8.26. The topological polar surface area (TPSA) is 38.8 Å². The Bertz CT molecular complexity index is 900. The van der Waals surface area contributed by atoms with Crippen molar-refractivity contribution < 1.29 is 14.3 Å². The zero-order chi connectivity index (χ0) is 19.4. The van der Waals surface area contributed by atoms with Crippen molar-refractivity contribution in [1.29, 1.82) is 0 Å². The number of carbonyl (C=O) groups is 1. The van der Waals surface area contributed by atoms with Crippen molar-refractivity contribution in [3.8, 4) is 11.5 Å². The number of methoxy groups -OCH3 is 2. The van der Waals surface area contributed by atoms with Gasteiger partial charge in [0.15, 0.2) is 11.5 Å². The van der Waals surface area contributed by atoms with E-state index in [1.165, 1.54) is 17.3 Å². The number of hydrogen-bond donors (Lipinski definition) is 0. The number of rotatable bonds is 6. The second-order valence-corrected chi connectivity index (χ2v) is 7.88. The average Bonchev–Trinajstić information content (AvgIpc) is 2.95. The molecule has 0 atom stereocenters. The van der Waals surface area contributed by atoms with Gasteiger partial charge < -0.3 is 9.47 Å². The van der Waals surface area contributed by atoms with Crippen LogP contribution in [0, 0.1) is 0 Å². The number of hydrogen-bond acceptors (Lipinski definition) is 5. The summed E-state index contributed by atoms with van der Waals surface area (Å²) in [6.45, 7) is 0.547. The molecule has 1 heterocycles. The highest BCUT2D eigenvalue weighted by Gasteiger charge is 2.31. The van der Waals surface area contributed by atoms with Gasteiger partial charge in [-0.05, 0) is 29.7 Å². The van der Waals surface area contributed by atoms with Crippen molar-refractivity contribution in [3.05, 3.63) is 63.5 Å². The quantitative estimate of drug-likeness (QED) is 0.496. The SMILES string of the molecule is COc1cc(Cl)c(C=C2SC(=S)N(CCc3ccccc3)C2=O)cc1OC. The maximum atomic E-state index is 12.8. The van der Waals surface area contributed by atoms with Crippen LogP contribution in [0.4, 0.5) is 0 Å². The van der Waals surface area contributed by atoms with Crippen LogP contribution >= 0.6 is 35.6 Å². The number of thioether (sulfide) groups is 1. The van der Waals surface area contributed by atoms with Gasteiger partial charge in [0.1, 0.15) is 4.32 Å². The maximum Gasteiger partial charge on any atom is 0.266 e. The maximum absolute atomic E-state index is 12.8. The molecule has 1 aliphatic heterocycles. The smallest absolute Gasteiger partial charge is 0.266 e. The van der Waals surface area contributed by atoms with Gasteiger partial charge in [-0.2, -0.15) is 0 Å². The molecule has 2 aromatic carbocycles. The van der Waals surface area contributed by atoms with Gasteiger partial charge in [-0.3, -0.25) is 9.69 Å². The molecule has 0 bridgehead atoms. The molecule has 0 N–H and O–H groups in total. The van der Waals surface area contributed by atoms with Crippen LogP contribution in [0.2, 0.25) is 5.02 Å². The molecule has 0 aliphatic carbocycles. The fourth-order valence-electron chi connectivity index (χ4n) is 2.70. The molecular formula is C20H18ClNO3S2. The number of carbonyl (C=O) groups excluding carboxylic acids is 1. The molecule has 0 radical (unpaired) electrons. The van der Waals surface area contributed by atoms with Crippen LogP contribution in [-0.2, 0) is 11.2 Å². The van der Waals surface area contributed by atoms with Gasteiger partial charge in [-0.15, -0.1) is 0 Å². The molecule has 0 saturated carbocycles. The molecule has 1 amide bonds. The van der Waals surface area contributed by atoms with E-state index in [0.717, 1.165) is 6.42 Å². The molecule has 1 aliphatic rings. The van der Waals surface area contributed by atoms with Crippen LogP contribution in [0.3, 0.4) is 0 Å². The van der Waals surface area contributed by atoms with Crippen molar-refractivity contribution in [3.63, 3.8) is 0 Å². The zero-order valence-corrected chi connectivity index (χ0v) is 17.3. The number of nitrogens with zero attached hydrogens (tertiary/aromatic N) is 1. The number of halogens is 1. The van der Waals surface area contributed by atoms with E-state index in [0.29, 0.717) is 37.9 Å². The molecule has 140 valence electrons. The Morgan fingerprint density at radius 1 is 1.15 bits per heavy atom. The Balaban J connectivity index is 1.80. The Kier molecular flexibility index (Phi) is 6.42. The molecule has 0 aromatic heterocycles. The third-order valence-electron chi connectivity index (χ3n) is 4.13. The van der Waals surface area contributed by atoms with Crippen LogP contribution in [0.15, 0.2) is 47.4 Å². The van der Waals surface area contributed by atoms with Crippen LogP contribution in [0.1, 0.15) is 11.1 Å². The van der Waals surface area contributed by atoms with Crippen molar-refractivity contribution in [2.45, 2.75) is 6.42 Å². The minimum absolute atomic E-state index is 0.105. The second kappa shape index (κ2) is 8.78. The number of benzene rings is 2. The number of thiocarbonyl (C=S) groups is 1. The summed E-state index contributed by atoms with van der Waals surface area (Å²) in [5, 5.41) is 0.474. The summed E-state index contributed by atoms with van der Waals surface area (Å²) in [6.07, 6.45) is 2.49. The lowest BCUT2D eigenvalue weighted by Crippen LogP contribution is -2.30. The highest BCUT2D eigenvalue weighted by Crippen LogP contribution is 2.37. The van der Waals surface area contributed by atoms with Crippen molar-refractivity contribution in [2.75, 3.05) is 20.8 Å². The fourth-order valence-corrected chi connectivity index (χ4v) is 4.21. The Labute approximate surface area is 173 Å². The highest BCUT2D eigenvalue weighted by atomic mass is 35.5. The summed E-state index contributed by atoms with van der Waals surface area (Å²) in [6, 6.07) is 13.4. The van der Waals surface area contributed by atoms with Gasteiger partial charge >= 0.3 is 0 Å².